The minimum atomic E-state index is -0.348. The molecule has 0 aromatic carbocycles. The van der Waals surface area contributed by atoms with Gasteiger partial charge in [0, 0.05) is 31.6 Å². The molecule has 2 unspecified atom stereocenters. The Morgan fingerprint density at radius 3 is 2.67 bits per heavy atom. The third-order valence-electron chi connectivity index (χ3n) is 4.47. The van der Waals surface area contributed by atoms with Gasteiger partial charge in [-0.25, -0.2) is 0 Å². The van der Waals surface area contributed by atoms with Crippen LogP contribution in [0.5, 0.6) is 0 Å². The number of carbonyl (C=O) groups is 2. The van der Waals surface area contributed by atoms with Crippen LogP contribution in [-0.2, 0) is 9.59 Å². The maximum absolute atomic E-state index is 12.4. The number of hydrogen-bond acceptors (Lipinski definition) is 3. The van der Waals surface area contributed by atoms with Crippen molar-refractivity contribution in [2.75, 3.05) is 32.7 Å². The first-order chi connectivity index (χ1) is 9.88. The molecule has 2 heterocycles. The van der Waals surface area contributed by atoms with E-state index in [2.05, 4.69) is 10.6 Å². The lowest BCUT2D eigenvalue weighted by Crippen LogP contribution is -2.47. The zero-order valence-corrected chi connectivity index (χ0v) is 13.6. The molecule has 2 rings (SSSR count). The molecule has 2 saturated heterocycles. The molecule has 0 aromatic rings. The van der Waals surface area contributed by atoms with Crippen molar-refractivity contribution in [1.82, 2.24) is 15.5 Å². The third-order valence-corrected chi connectivity index (χ3v) is 4.47. The molecule has 2 amide bonds. The van der Waals surface area contributed by atoms with Gasteiger partial charge in [0.2, 0.25) is 11.8 Å². The van der Waals surface area contributed by atoms with Gasteiger partial charge in [-0.05, 0) is 31.7 Å². The minimum Gasteiger partial charge on any atom is -0.355 e. The Morgan fingerprint density at radius 1 is 1.29 bits per heavy atom. The van der Waals surface area contributed by atoms with Crippen LogP contribution in [0.2, 0.25) is 0 Å². The summed E-state index contributed by atoms with van der Waals surface area (Å²) in [6.45, 7) is 9.89. The highest BCUT2D eigenvalue weighted by Crippen LogP contribution is 2.20. The second-order valence-corrected chi connectivity index (χ2v) is 7.44. The molecule has 2 aliphatic rings. The molecule has 0 aromatic heterocycles. The lowest BCUT2D eigenvalue weighted by atomic mass is 9.93. The topological polar surface area (TPSA) is 61.4 Å². The molecular formula is C16H29N3O2. The van der Waals surface area contributed by atoms with E-state index in [1.807, 2.05) is 25.7 Å². The minimum absolute atomic E-state index is 0.0888. The lowest BCUT2D eigenvalue weighted by Gasteiger charge is -2.34. The Morgan fingerprint density at radius 2 is 2.05 bits per heavy atom. The first kappa shape index (κ1) is 16.3. The average molecular weight is 295 g/mol. The Labute approximate surface area is 127 Å². The number of likely N-dealkylation sites (tertiary alicyclic amines) is 1. The molecule has 0 aliphatic carbocycles. The Hall–Kier alpha value is -1.10. The average Bonchev–Trinajstić information content (AvgIpc) is 2.97. The lowest BCUT2D eigenvalue weighted by molar-refractivity contribution is -0.136. The predicted octanol–water partition coefficient (Wildman–Crippen LogP) is 0.997. The monoisotopic (exact) mass is 295 g/mol. The number of rotatable bonds is 3. The second kappa shape index (κ2) is 6.77. The van der Waals surface area contributed by atoms with E-state index < -0.39 is 0 Å². The summed E-state index contributed by atoms with van der Waals surface area (Å²) in [5.74, 6) is 0.939. The number of nitrogens with zero attached hydrogens (tertiary/aromatic N) is 1. The van der Waals surface area contributed by atoms with E-state index >= 15 is 0 Å². The smallest absolute Gasteiger partial charge is 0.227 e. The van der Waals surface area contributed by atoms with E-state index in [0.717, 1.165) is 45.4 Å². The third kappa shape index (κ3) is 4.43. The Kier molecular flexibility index (Phi) is 5.25. The van der Waals surface area contributed by atoms with E-state index in [-0.39, 0.29) is 17.2 Å². The highest BCUT2D eigenvalue weighted by Gasteiger charge is 2.31. The fraction of sp³-hybridized carbons (Fsp3) is 0.875. The first-order valence-electron chi connectivity index (χ1n) is 8.15. The number of carbonyl (C=O) groups excluding carboxylic acids is 2. The van der Waals surface area contributed by atoms with Crippen LogP contribution in [0.15, 0.2) is 0 Å². The van der Waals surface area contributed by atoms with Crippen LogP contribution in [0.1, 0.15) is 40.0 Å². The van der Waals surface area contributed by atoms with Gasteiger partial charge in [-0.2, -0.15) is 0 Å². The molecular weight excluding hydrogens is 266 g/mol. The van der Waals surface area contributed by atoms with Crippen molar-refractivity contribution in [1.29, 1.82) is 0 Å². The number of nitrogens with one attached hydrogen (secondary N) is 2. The van der Waals surface area contributed by atoms with Crippen molar-refractivity contribution in [3.8, 4) is 0 Å². The van der Waals surface area contributed by atoms with Gasteiger partial charge in [0.15, 0.2) is 0 Å². The van der Waals surface area contributed by atoms with Gasteiger partial charge in [0.05, 0.1) is 5.92 Å². The van der Waals surface area contributed by atoms with E-state index in [0.29, 0.717) is 18.4 Å². The molecule has 5 heteroatoms. The van der Waals surface area contributed by atoms with Crippen molar-refractivity contribution in [3.05, 3.63) is 0 Å². The van der Waals surface area contributed by atoms with Gasteiger partial charge in [-0.3, -0.25) is 9.59 Å². The normalized spacial score (nSPS) is 26.7. The van der Waals surface area contributed by atoms with Crippen molar-refractivity contribution in [3.63, 3.8) is 0 Å². The highest BCUT2D eigenvalue weighted by atomic mass is 16.2. The Bertz CT molecular complexity index is 383. The zero-order chi connectivity index (χ0) is 15.5. The van der Waals surface area contributed by atoms with Crippen molar-refractivity contribution < 1.29 is 9.59 Å². The molecule has 2 N–H and O–H groups in total. The first-order valence-corrected chi connectivity index (χ1v) is 8.15. The van der Waals surface area contributed by atoms with E-state index in [4.69, 9.17) is 0 Å². The number of hydrogen-bond donors (Lipinski definition) is 2. The summed E-state index contributed by atoms with van der Waals surface area (Å²) in [5, 5.41) is 6.29. The maximum Gasteiger partial charge on any atom is 0.227 e. The summed E-state index contributed by atoms with van der Waals surface area (Å²) in [6, 6.07) is 0. The van der Waals surface area contributed by atoms with Crippen molar-refractivity contribution in [2.24, 2.45) is 17.3 Å². The molecule has 0 spiro atoms. The summed E-state index contributed by atoms with van der Waals surface area (Å²) in [6.07, 6.45) is 3.10. The van der Waals surface area contributed by atoms with Crippen LogP contribution < -0.4 is 10.6 Å². The molecule has 120 valence electrons. The molecule has 0 radical (unpaired) electrons. The summed E-state index contributed by atoms with van der Waals surface area (Å²) in [4.78, 5) is 26.4. The van der Waals surface area contributed by atoms with E-state index in [9.17, 15) is 9.59 Å². The van der Waals surface area contributed by atoms with Crippen molar-refractivity contribution in [2.45, 2.75) is 40.0 Å². The van der Waals surface area contributed by atoms with Gasteiger partial charge in [-0.1, -0.05) is 20.8 Å². The van der Waals surface area contributed by atoms with Gasteiger partial charge >= 0.3 is 0 Å². The molecule has 0 bridgehead atoms. The molecule has 5 nitrogen and oxygen atoms in total. The second-order valence-electron chi connectivity index (χ2n) is 7.44. The van der Waals surface area contributed by atoms with E-state index in [1.54, 1.807) is 0 Å². The summed E-state index contributed by atoms with van der Waals surface area (Å²) in [5.41, 5.74) is -0.348. The van der Waals surface area contributed by atoms with Gasteiger partial charge in [0.1, 0.15) is 0 Å². The molecule has 2 atom stereocenters. The van der Waals surface area contributed by atoms with Crippen LogP contribution in [0.3, 0.4) is 0 Å². The number of piperidine rings is 1. The number of amides is 2. The highest BCUT2D eigenvalue weighted by molar-refractivity contribution is 5.81. The predicted molar refractivity (Wildman–Crippen MR) is 82.7 cm³/mol. The zero-order valence-electron chi connectivity index (χ0n) is 13.6. The SMILES string of the molecule is CC(C)(C)C(=O)NCC1CCCN(C(=O)C2CCNC2)C1. The standard InChI is InChI=1S/C16H29N3O2/c1-16(2,3)15(21)18-9-12-5-4-8-19(11-12)14(20)13-6-7-17-10-13/h12-13,17H,4-11H2,1-3H3,(H,18,21). The molecule has 0 saturated carbocycles. The van der Waals surface area contributed by atoms with Crippen LogP contribution >= 0.6 is 0 Å². The van der Waals surface area contributed by atoms with Gasteiger partial charge in [0.25, 0.3) is 0 Å². The quantitative estimate of drug-likeness (QED) is 0.816. The van der Waals surface area contributed by atoms with Crippen LogP contribution in [0, 0.1) is 17.3 Å². The summed E-state index contributed by atoms with van der Waals surface area (Å²) in [7, 11) is 0. The maximum atomic E-state index is 12.4. The molecule has 21 heavy (non-hydrogen) atoms. The van der Waals surface area contributed by atoms with Crippen LogP contribution in [-0.4, -0.2) is 49.4 Å². The van der Waals surface area contributed by atoms with Crippen LogP contribution in [0.25, 0.3) is 0 Å². The Balaban J connectivity index is 1.80. The molecule has 2 fully saturated rings. The fourth-order valence-electron chi connectivity index (χ4n) is 3.06. The molecule has 2 aliphatic heterocycles. The van der Waals surface area contributed by atoms with Crippen molar-refractivity contribution >= 4 is 11.8 Å². The van der Waals surface area contributed by atoms with E-state index in [1.165, 1.54) is 0 Å². The fourth-order valence-corrected chi connectivity index (χ4v) is 3.06. The summed E-state index contributed by atoms with van der Waals surface area (Å²) < 4.78 is 0. The van der Waals surface area contributed by atoms with Crippen LogP contribution in [0.4, 0.5) is 0 Å². The summed E-state index contributed by atoms with van der Waals surface area (Å²) >= 11 is 0. The largest absolute Gasteiger partial charge is 0.355 e. The van der Waals surface area contributed by atoms with Gasteiger partial charge in [-0.15, -0.1) is 0 Å². The van der Waals surface area contributed by atoms with Gasteiger partial charge < -0.3 is 15.5 Å².